The number of nitrogens with zero attached hydrogens (tertiary/aromatic N) is 2. The number of carbonyl (C=O) groups excluding carboxylic acids is 1. The van der Waals surface area contributed by atoms with Crippen LogP contribution in [0.2, 0.25) is 0 Å². The maximum atomic E-state index is 12.6. The number of methoxy groups -OCH3 is 1. The smallest absolute Gasteiger partial charge is 0.243 e. The molecular weight excluding hydrogens is 507 g/mol. The van der Waals surface area contributed by atoms with Crippen LogP contribution in [0.4, 0.5) is 5.69 Å². The minimum atomic E-state index is -0.135. The van der Waals surface area contributed by atoms with Gasteiger partial charge in [-0.25, -0.2) is 4.98 Å². The molecule has 6 nitrogen and oxygen atoms in total. The van der Waals surface area contributed by atoms with E-state index in [1.54, 1.807) is 24.3 Å². The van der Waals surface area contributed by atoms with Crippen LogP contribution in [0.5, 0.6) is 23.1 Å². The van der Waals surface area contributed by atoms with E-state index in [4.69, 9.17) is 14.2 Å². The Labute approximate surface area is 196 Å². The molecule has 0 aliphatic heterocycles. The number of rotatable bonds is 9. The summed E-state index contributed by atoms with van der Waals surface area (Å²) in [6, 6.07) is 16.9. The van der Waals surface area contributed by atoms with Gasteiger partial charge in [0, 0.05) is 22.3 Å². The molecule has 0 aliphatic carbocycles. The van der Waals surface area contributed by atoms with Gasteiger partial charge in [-0.1, -0.05) is 6.92 Å². The highest BCUT2D eigenvalue weighted by Gasteiger charge is 2.20. The molecule has 0 aliphatic rings. The van der Waals surface area contributed by atoms with E-state index in [1.807, 2.05) is 48.5 Å². The van der Waals surface area contributed by atoms with Crippen LogP contribution in [0, 0.1) is 3.57 Å². The lowest BCUT2D eigenvalue weighted by Gasteiger charge is -2.24. The monoisotopic (exact) mass is 532 g/mol. The Balaban J connectivity index is 1.95. The highest BCUT2D eigenvalue weighted by atomic mass is 127. The number of carbonyl (C=O) groups is 1. The van der Waals surface area contributed by atoms with Crippen molar-refractivity contribution in [3.05, 3.63) is 69.9 Å². The second-order valence-electron chi connectivity index (χ2n) is 6.81. The third-order valence-electron chi connectivity index (χ3n) is 4.51. The van der Waals surface area contributed by atoms with Crippen molar-refractivity contribution in [2.45, 2.75) is 26.8 Å². The maximum Gasteiger partial charge on any atom is 0.243 e. The fourth-order valence-electron chi connectivity index (χ4n) is 2.98. The van der Waals surface area contributed by atoms with Crippen molar-refractivity contribution in [1.29, 1.82) is 0 Å². The Morgan fingerprint density at radius 3 is 2.52 bits per heavy atom. The number of anilines is 1. The molecule has 0 bridgehead atoms. The first kappa shape index (κ1) is 22.9. The van der Waals surface area contributed by atoms with Crippen LogP contribution in [-0.2, 0) is 11.3 Å². The largest absolute Gasteiger partial charge is 0.497 e. The normalized spacial score (nSPS) is 10.5. The van der Waals surface area contributed by atoms with Crippen molar-refractivity contribution in [3.8, 4) is 23.1 Å². The van der Waals surface area contributed by atoms with Crippen molar-refractivity contribution >= 4 is 34.2 Å². The van der Waals surface area contributed by atoms with Crippen LogP contribution in [0.15, 0.2) is 60.8 Å². The standard InChI is InChI=1S/C24H25IN2O4/c1-4-14-30-23-12-11-21(29-3)15-18(23)16-27(17(2)28)22-6-5-13-26-24(22)31-20-9-7-19(25)8-10-20/h5-13,15H,4,14,16H2,1-3H3. The molecule has 0 unspecified atom stereocenters. The summed E-state index contributed by atoms with van der Waals surface area (Å²) in [6.07, 6.45) is 2.53. The summed E-state index contributed by atoms with van der Waals surface area (Å²) in [5.41, 5.74) is 1.42. The second kappa shape index (κ2) is 11.0. The summed E-state index contributed by atoms with van der Waals surface area (Å²) < 4.78 is 18.4. The van der Waals surface area contributed by atoms with Gasteiger partial charge in [0.2, 0.25) is 11.8 Å². The number of halogens is 1. The van der Waals surface area contributed by atoms with Crippen molar-refractivity contribution in [1.82, 2.24) is 4.98 Å². The third kappa shape index (κ3) is 6.10. The minimum Gasteiger partial charge on any atom is -0.497 e. The number of pyridine rings is 1. The molecule has 162 valence electrons. The molecule has 7 heteroatoms. The molecule has 3 aromatic rings. The van der Waals surface area contributed by atoms with Crippen LogP contribution in [-0.4, -0.2) is 24.6 Å². The van der Waals surface area contributed by atoms with Gasteiger partial charge in [-0.2, -0.15) is 0 Å². The van der Waals surface area contributed by atoms with Crippen LogP contribution in [0.1, 0.15) is 25.8 Å². The van der Waals surface area contributed by atoms with Gasteiger partial charge in [0.05, 0.1) is 20.3 Å². The molecule has 0 saturated heterocycles. The van der Waals surface area contributed by atoms with E-state index in [9.17, 15) is 4.79 Å². The van der Waals surface area contributed by atoms with E-state index in [-0.39, 0.29) is 5.91 Å². The minimum absolute atomic E-state index is 0.135. The average Bonchev–Trinajstić information content (AvgIpc) is 2.78. The molecule has 0 saturated carbocycles. The molecule has 0 atom stereocenters. The Kier molecular flexibility index (Phi) is 8.11. The van der Waals surface area contributed by atoms with Gasteiger partial charge in [-0.15, -0.1) is 0 Å². The topological polar surface area (TPSA) is 60.9 Å². The Morgan fingerprint density at radius 2 is 1.84 bits per heavy atom. The van der Waals surface area contributed by atoms with E-state index >= 15 is 0 Å². The average molecular weight is 532 g/mol. The van der Waals surface area contributed by atoms with Gasteiger partial charge in [0.15, 0.2) is 0 Å². The van der Waals surface area contributed by atoms with Gasteiger partial charge >= 0.3 is 0 Å². The summed E-state index contributed by atoms with van der Waals surface area (Å²) >= 11 is 2.24. The van der Waals surface area contributed by atoms with Crippen molar-refractivity contribution in [2.75, 3.05) is 18.6 Å². The molecule has 1 amide bonds. The number of hydrogen-bond donors (Lipinski definition) is 0. The van der Waals surface area contributed by atoms with Crippen LogP contribution in [0.25, 0.3) is 0 Å². The molecular formula is C24H25IN2O4. The molecule has 0 fully saturated rings. The zero-order chi connectivity index (χ0) is 22.2. The molecule has 0 radical (unpaired) electrons. The fourth-order valence-corrected chi connectivity index (χ4v) is 3.34. The molecule has 1 aromatic heterocycles. The Morgan fingerprint density at radius 1 is 1.10 bits per heavy atom. The molecule has 0 spiro atoms. The zero-order valence-corrected chi connectivity index (χ0v) is 20.0. The molecule has 3 rings (SSSR count). The first-order chi connectivity index (χ1) is 15.0. The lowest BCUT2D eigenvalue weighted by Crippen LogP contribution is -2.28. The molecule has 31 heavy (non-hydrogen) atoms. The molecule has 2 aromatic carbocycles. The predicted molar refractivity (Wildman–Crippen MR) is 129 cm³/mol. The molecule has 1 heterocycles. The summed E-state index contributed by atoms with van der Waals surface area (Å²) in [6.45, 7) is 4.46. The third-order valence-corrected chi connectivity index (χ3v) is 5.23. The highest BCUT2D eigenvalue weighted by Crippen LogP contribution is 2.33. The van der Waals surface area contributed by atoms with Gasteiger partial charge in [0.1, 0.15) is 22.9 Å². The SMILES string of the molecule is CCCOc1ccc(OC)cc1CN(C(C)=O)c1cccnc1Oc1ccc(I)cc1. The van der Waals surface area contributed by atoms with E-state index in [2.05, 4.69) is 34.5 Å². The first-order valence-corrected chi connectivity index (χ1v) is 11.1. The second-order valence-corrected chi connectivity index (χ2v) is 8.06. The summed E-state index contributed by atoms with van der Waals surface area (Å²) in [7, 11) is 1.61. The quantitative estimate of drug-likeness (QED) is 0.325. The number of hydrogen-bond acceptors (Lipinski definition) is 5. The van der Waals surface area contributed by atoms with Crippen LogP contribution in [0.3, 0.4) is 0 Å². The number of amides is 1. The van der Waals surface area contributed by atoms with Gasteiger partial charge < -0.3 is 19.1 Å². The van der Waals surface area contributed by atoms with Crippen molar-refractivity contribution in [3.63, 3.8) is 0 Å². The van der Waals surface area contributed by atoms with Crippen LogP contribution < -0.4 is 19.1 Å². The first-order valence-electron chi connectivity index (χ1n) is 9.98. The van der Waals surface area contributed by atoms with E-state index < -0.39 is 0 Å². The van der Waals surface area contributed by atoms with Crippen molar-refractivity contribution < 1.29 is 19.0 Å². The van der Waals surface area contributed by atoms with E-state index in [0.29, 0.717) is 36.2 Å². The fraction of sp³-hybridized carbons (Fsp3) is 0.250. The number of benzene rings is 2. The van der Waals surface area contributed by atoms with Gasteiger partial charge in [-0.3, -0.25) is 4.79 Å². The lowest BCUT2D eigenvalue weighted by molar-refractivity contribution is -0.116. The van der Waals surface area contributed by atoms with Crippen LogP contribution >= 0.6 is 22.6 Å². The zero-order valence-electron chi connectivity index (χ0n) is 17.8. The van der Waals surface area contributed by atoms with Gasteiger partial charge in [-0.05, 0) is 83.6 Å². The summed E-state index contributed by atoms with van der Waals surface area (Å²) in [5, 5.41) is 0. The lowest BCUT2D eigenvalue weighted by atomic mass is 10.1. The highest BCUT2D eigenvalue weighted by molar-refractivity contribution is 14.1. The summed E-state index contributed by atoms with van der Waals surface area (Å²) in [5.74, 6) is 2.29. The van der Waals surface area contributed by atoms with Crippen molar-refractivity contribution in [2.24, 2.45) is 0 Å². The Bertz CT molecular complexity index is 1020. The van der Waals surface area contributed by atoms with E-state index in [0.717, 1.165) is 21.3 Å². The molecule has 0 N–H and O–H groups in total. The Hall–Kier alpha value is -2.81. The van der Waals surface area contributed by atoms with E-state index in [1.165, 1.54) is 6.92 Å². The maximum absolute atomic E-state index is 12.6. The predicted octanol–water partition coefficient (Wildman–Crippen LogP) is 5.83. The number of ether oxygens (including phenoxy) is 3. The summed E-state index contributed by atoms with van der Waals surface area (Å²) in [4.78, 5) is 18.6. The van der Waals surface area contributed by atoms with Gasteiger partial charge in [0.25, 0.3) is 0 Å². The number of aromatic nitrogens is 1.